The summed E-state index contributed by atoms with van der Waals surface area (Å²) < 4.78 is 0. The van der Waals surface area contributed by atoms with E-state index in [1.807, 2.05) is 58.0 Å². The van der Waals surface area contributed by atoms with Crippen molar-refractivity contribution in [3.63, 3.8) is 0 Å². The molecule has 1 N–H and O–H groups in total. The van der Waals surface area contributed by atoms with Crippen LogP contribution in [0.1, 0.15) is 39.2 Å². The molecule has 2 aromatic rings. The minimum absolute atomic E-state index is 0.0160. The van der Waals surface area contributed by atoms with Gasteiger partial charge in [0, 0.05) is 16.8 Å². The molecule has 1 heterocycles. The molecular weight excluding hydrogens is 258 g/mol. The van der Waals surface area contributed by atoms with Crippen LogP contribution < -0.4 is 5.56 Å². The molecule has 0 fully saturated rings. The molecule has 0 amide bonds. The van der Waals surface area contributed by atoms with Gasteiger partial charge in [-0.1, -0.05) is 51.4 Å². The van der Waals surface area contributed by atoms with Crippen LogP contribution in [0.25, 0.3) is 11.1 Å². The maximum atomic E-state index is 11.6. The zero-order chi connectivity index (χ0) is 14.4. The predicted molar refractivity (Wildman–Crippen MR) is 82.9 cm³/mol. The fourth-order valence-corrected chi connectivity index (χ4v) is 1.87. The van der Waals surface area contributed by atoms with E-state index in [0.717, 1.165) is 16.7 Å². The summed E-state index contributed by atoms with van der Waals surface area (Å²) in [6.45, 7) is 8.02. The van der Waals surface area contributed by atoms with Gasteiger partial charge in [-0.3, -0.25) is 4.79 Å². The third-order valence-electron chi connectivity index (χ3n) is 2.73. The van der Waals surface area contributed by atoms with Crippen molar-refractivity contribution in [2.45, 2.75) is 33.6 Å². The topological polar surface area (TPSA) is 32.9 Å². The molecule has 0 bridgehead atoms. The summed E-state index contributed by atoms with van der Waals surface area (Å²) in [6, 6.07) is 9.51. The molecule has 0 saturated heterocycles. The summed E-state index contributed by atoms with van der Waals surface area (Å²) >= 11 is 5.85. The molecule has 0 aliphatic carbocycles. The van der Waals surface area contributed by atoms with Gasteiger partial charge in [-0.05, 0) is 35.2 Å². The number of benzene rings is 1. The molecule has 0 unspecified atom stereocenters. The largest absolute Gasteiger partial charge is 0.328 e. The predicted octanol–water partition coefficient (Wildman–Crippen LogP) is 4.84. The van der Waals surface area contributed by atoms with Crippen LogP contribution in [-0.4, -0.2) is 4.98 Å². The first-order chi connectivity index (χ1) is 9.08. The van der Waals surface area contributed by atoms with Gasteiger partial charge in [-0.25, -0.2) is 0 Å². The molecule has 3 heteroatoms. The van der Waals surface area contributed by atoms with Crippen LogP contribution in [0.15, 0.2) is 41.3 Å². The zero-order valence-electron chi connectivity index (χ0n) is 11.8. The lowest BCUT2D eigenvalue weighted by molar-refractivity contribution is 0.844. The molecule has 0 radical (unpaired) electrons. The van der Waals surface area contributed by atoms with Gasteiger partial charge < -0.3 is 4.98 Å². The number of nitrogens with one attached hydrogen (secondary N) is 1. The van der Waals surface area contributed by atoms with Crippen molar-refractivity contribution >= 4 is 11.6 Å². The van der Waals surface area contributed by atoms with E-state index < -0.39 is 0 Å². The minimum Gasteiger partial charge on any atom is -0.328 e. The molecule has 0 aliphatic heterocycles. The van der Waals surface area contributed by atoms with Crippen LogP contribution in [-0.2, 0) is 0 Å². The second-order valence-corrected chi connectivity index (χ2v) is 4.77. The Morgan fingerprint density at radius 1 is 1.05 bits per heavy atom. The Bertz CT molecular complexity index is 570. The average molecular weight is 278 g/mol. The molecule has 1 aromatic heterocycles. The summed E-state index contributed by atoms with van der Waals surface area (Å²) in [7, 11) is 0. The van der Waals surface area contributed by atoms with Crippen molar-refractivity contribution in [3.8, 4) is 11.1 Å². The number of pyridine rings is 1. The van der Waals surface area contributed by atoms with Gasteiger partial charge in [0.1, 0.15) is 0 Å². The average Bonchev–Trinajstić information content (AvgIpc) is 2.42. The number of H-pyrrole nitrogens is 1. The number of aromatic nitrogens is 1. The van der Waals surface area contributed by atoms with Crippen molar-refractivity contribution in [3.05, 3.63) is 57.5 Å². The van der Waals surface area contributed by atoms with Gasteiger partial charge in [0.05, 0.1) is 0 Å². The van der Waals surface area contributed by atoms with E-state index in [9.17, 15) is 4.79 Å². The van der Waals surface area contributed by atoms with Crippen LogP contribution >= 0.6 is 11.6 Å². The molecule has 0 aliphatic rings. The van der Waals surface area contributed by atoms with Crippen molar-refractivity contribution < 1.29 is 0 Å². The lowest BCUT2D eigenvalue weighted by Gasteiger charge is -2.07. The van der Waals surface area contributed by atoms with E-state index in [-0.39, 0.29) is 11.5 Å². The Kier molecular flexibility index (Phi) is 5.84. The lowest BCUT2D eigenvalue weighted by Crippen LogP contribution is -2.13. The Morgan fingerprint density at radius 2 is 1.63 bits per heavy atom. The number of hydrogen-bond acceptors (Lipinski definition) is 1. The Labute approximate surface area is 119 Å². The van der Waals surface area contributed by atoms with Gasteiger partial charge in [-0.2, -0.15) is 0 Å². The molecule has 102 valence electrons. The second kappa shape index (κ2) is 7.15. The van der Waals surface area contributed by atoms with Crippen LogP contribution in [0.3, 0.4) is 0 Å². The lowest BCUT2D eigenvalue weighted by atomic mass is 10.0. The first kappa shape index (κ1) is 15.5. The highest BCUT2D eigenvalue weighted by Gasteiger charge is 2.07. The van der Waals surface area contributed by atoms with Gasteiger partial charge in [0.15, 0.2) is 0 Å². The summed E-state index contributed by atoms with van der Waals surface area (Å²) in [5.41, 5.74) is 2.84. The highest BCUT2D eigenvalue weighted by atomic mass is 35.5. The van der Waals surface area contributed by atoms with E-state index in [0.29, 0.717) is 5.02 Å². The first-order valence-corrected chi connectivity index (χ1v) is 6.94. The third kappa shape index (κ3) is 3.97. The molecule has 2 rings (SSSR count). The molecule has 0 atom stereocenters. The van der Waals surface area contributed by atoms with E-state index in [1.54, 1.807) is 6.20 Å². The van der Waals surface area contributed by atoms with Crippen molar-refractivity contribution in [2.24, 2.45) is 0 Å². The van der Waals surface area contributed by atoms with Crippen LogP contribution in [0.4, 0.5) is 0 Å². The summed E-state index contributed by atoms with van der Waals surface area (Å²) in [6.07, 6.45) is 1.73. The molecule has 1 aromatic carbocycles. The smallest absolute Gasteiger partial charge is 0.251 e. The number of rotatable bonds is 2. The van der Waals surface area contributed by atoms with E-state index in [1.165, 1.54) is 0 Å². The maximum absolute atomic E-state index is 11.6. The molecule has 0 spiro atoms. The van der Waals surface area contributed by atoms with Gasteiger partial charge in [-0.15, -0.1) is 0 Å². The fraction of sp³-hybridized carbons (Fsp3) is 0.312. The maximum Gasteiger partial charge on any atom is 0.251 e. The zero-order valence-corrected chi connectivity index (χ0v) is 12.6. The quantitative estimate of drug-likeness (QED) is 0.837. The Morgan fingerprint density at radius 3 is 2.16 bits per heavy atom. The SMILES string of the molecule is CC.CC(C)c1cc(-c2ccc(Cl)cc2)c[nH]c1=O. The normalized spacial score (nSPS) is 10.0. The van der Waals surface area contributed by atoms with Crippen molar-refractivity contribution in [1.82, 2.24) is 4.98 Å². The van der Waals surface area contributed by atoms with Gasteiger partial charge >= 0.3 is 0 Å². The molecule has 0 saturated carbocycles. The van der Waals surface area contributed by atoms with Crippen LogP contribution in [0.2, 0.25) is 5.02 Å². The fourth-order valence-electron chi connectivity index (χ4n) is 1.74. The molecule has 19 heavy (non-hydrogen) atoms. The van der Waals surface area contributed by atoms with Crippen molar-refractivity contribution in [1.29, 1.82) is 0 Å². The first-order valence-electron chi connectivity index (χ1n) is 6.56. The highest BCUT2D eigenvalue weighted by Crippen LogP contribution is 2.22. The Balaban J connectivity index is 0.000000861. The standard InChI is InChI=1S/C14H14ClNO.C2H6/c1-9(2)13-7-11(8-16-14(13)17)10-3-5-12(15)6-4-10;1-2/h3-9H,1-2H3,(H,16,17);1-2H3. The summed E-state index contributed by atoms with van der Waals surface area (Å²) in [5, 5.41) is 0.710. The number of hydrogen-bond donors (Lipinski definition) is 1. The molecular formula is C16H20ClNO. The minimum atomic E-state index is -0.0160. The van der Waals surface area contributed by atoms with Gasteiger partial charge in [0.25, 0.3) is 5.56 Å². The highest BCUT2D eigenvalue weighted by molar-refractivity contribution is 6.30. The third-order valence-corrected chi connectivity index (χ3v) is 2.98. The summed E-state index contributed by atoms with van der Waals surface area (Å²) in [5.74, 6) is 0.214. The monoisotopic (exact) mass is 277 g/mol. The number of aromatic amines is 1. The Hall–Kier alpha value is -1.54. The van der Waals surface area contributed by atoms with Crippen molar-refractivity contribution in [2.75, 3.05) is 0 Å². The van der Waals surface area contributed by atoms with E-state index >= 15 is 0 Å². The van der Waals surface area contributed by atoms with Crippen LogP contribution in [0, 0.1) is 0 Å². The van der Waals surface area contributed by atoms with E-state index in [4.69, 9.17) is 11.6 Å². The van der Waals surface area contributed by atoms with Gasteiger partial charge in [0.2, 0.25) is 0 Å². The van der Waals surface area contributed by atoms with Crippen LogP contribution in [0.5, 0.6) is 0 Å². The van der Waals surface area contributed by atoms with E-state index in [2.05, 4.69) is 4.98 Å². The molecule has 2 nitrogen and oxygen atoms in total. The number of halogens is 1. The summed E-state index contributed by atoms with van der Waals surface area (Å²) in [4.78, 5) is 14.4. The second-order valence-electron chi connectivity index (χ2n) is 4.33.